The van der Waals surface area contributed by atoms with Crippen molar-refractivity contribution < 1.29 is 4.79 Å². The number of nitrogens with zero attached hydrogens (tertiary/aromatic N) is 3. The normalized spacial score (nSPS) is 15.2. The van der Waals surface area contributed by atoms with E-state index in [0.29, 0.717) is 13.1 Å². The highest BCUT2D eigenvalue weighted by molar-refractivity contribution is 5.78. The van der Waals surface area contributed by atoms with Crippen LogP contribution in [-0.2, 0) is 17.9 Å². The number of nitrogens with one attached hydrogen (secondary N) is 1. The maximum Gasteiger partial charge on any atom is 0.223 e. The second kappa shape index (κ2) is 6.52. The van der Waals surface area contributed by atoms with Crippen molar-refractivity contribution in [3.63, 3.8) is 0 Å². The number of rotatable bonds is 5. The zero-order chi connectivity index (χ0) is 14.5. The van der Waals surface area contributed by atoms with Crippen LogP contribution in [0.1, 0.15) is 36.8 Å². The summed E-state index contributed by atoms with van der Waals surface area (Å²) in [4.78, 5) is 15.9. The summed E-state index contributed by atoms with van der Waals surface area (Å²) in [7, 11) is 0. The molecule has 1 heterocycles. The molecule has 1 N–H and O–H groups in total. The van der Waals surface area contributed by atoms with E-state index in [2.05, 4.69) is 39.7 Å². The lowest BCUT2D eigenvalue weighted by molar-refractivity contribution is -0.124. The van der Waals surface area contributed by atoms with Gasteiger partial charge in [0.15, 0.2) is 0 Å². The van der Waals surface area contributed by atoms with Crippen molar-refractivity contribution in [1.82, 2.24) is 20.1 Å². The summed E-state index contributed by atoms with van der Waals surface area (Å²) in [6.07, 6.45) is 7.71. The Morgan fingerprint density at radius 2 is 1.90 bits per heavy atom. The van der Waals surface area contributed by atoms with Gasteiger partial charge >= 0.3 is 0 Å². The molecule has 1 aliphatic carbocycles. The summed E-state index contributed by atoms with van der Waals surface area (Å²) >= 11 is 0. The molecule has 0 atom stereocenters. The van der Waals surface area contributed by atoms with Gasteiger partial charge in [-0.1, -0.05) is 37.1 Å². The van der Waals surface area contributed by atoms with Crippen molar-refractivity contribution in [2.75, 3.05) is 0 Å². The number of hydrogen-bond donors (Lipinski definition) is 1. The van der Waals surface area contributed by atoms with Gasteiger partial charge < -0.3 is 5.32 Å². The van der Waals surface area contributed by atoms with E-state index in [9.17, 15) is 4.79 Å². The highest BCUT2D eigenvalue weighted by Crippen LogP contribution is 2.24. The topological polar surface area (TPSA) is 59.8 Å². The maximum atomic E-state index is 12.0. The fraction of sp³-hybridized carbons (Fsp3) is 0.438. The Balaban J connectivity index is 1.51. The third kappa shape index (κ3) is 3.68. The average Bonchev–Trinajstić information content (AvgIpc) is 3.19. The Kier molecular flexibility index (Phi) is 4.28. The van der Waals surface area contributed by atoms with Crippen molar-refractivity contribution >= 4 is 5.91 Å². The van der Waals surface area contributed by atoms with E-state index in [1.807, 2.05) is 0 Å². The lowest BCUT2D eigenvalue weighted by Crippen LogP contribution is -2.28. The molecule has 3 rings (SSSR count). The molecule has 1 saturated carbocycles. The van der Waals surface area contributed by atoms with Crippen LogP contribution >= 0.6 is 0 Å². The minimum atomic E-state index is 0.208. The van der Waals surface area contributed by atoms with Crippen LogP contribution in [0.25, 0.3) is 0 Å². The van der Waals surface area contributed by atoms with Gasteiger partial charge in [-0.2, -0.15) is 5.10 Å². The van der Waals surface area contributed by atoms with Crippen molar-refractivity contribution in [3.8, 4) is 0 Å². The quantitative estimate of drug-likeness (QED) is 0.915. The molecule has 1 aromatic heterocycles. The smallest absolute Gasteiger partial charge is 0.223 e. The van der Waals surface area contributed by atoms with Gasteiger partial charge in [0.1, 0.15) is 12.7 Å². The van der Waals surface area contributed by atoms with E-state index < -0.39 is 0 Å². The first kappa shape index (κ1) is 13.8. The van der Waals surface area contributed by atoms with Crippen LogP contribution in [0, 0.1) is 5.92 Å². The lowest BCUT2D eigenvalue weighted by Gasteiger charge is -2.10. The molecule has 110 valence electrons. The van der Waals surface area contributed by atoms with Gasteiger partial charge in [-0.3, -0.25) is 4.79 Å². The van der Waals surface area contributed by atoms with Crippen molar-refractivity contribution in [2.24, 2.45) is 5.92 Å². The fourth-order valence-electron chi connectivity index (χ4n) is 2.79. The lowest BCUT2D eigenvalue weighted by atomic mass is 10.1. The van der Waals surface area contributed by atoms with Crippen LogP contribution in [0.4, 0.5) is 0 Å². The molecule has 21 heavy (non-hydrogen) atoms. The van der Waals surface area contributed by atoms with Gasteiger partial charge in [0.05, 0.1) is 6.54 Å². The predicted octanol–water partition coefficient (Wildman–Crippen LogP) is 2.13. The number of carbonyl (C=O) groups excluding carboxylic acids is 1. The number of benzene rings is 1. The molecule has 5 heteroatoms. The van der Waals surface area contributed by atoms with Crippen LogP contribution in [0.3, 0.4) is 0 Å². The predicted molar refractivity (Wildman–Crippen MR) is 79.4 cm³/mol. The van der Waals surface area contributed by atoms with Crippen molar-refractivity contribution in [3.05, 3.63) is 48.0 Å². The molecule has 1 amide bonds. The third-order valence-electron chi connectivity index (χ3n) is 4.03. The van der Waals surface area contributed by atoms with Crippen LogP contribution < -0.4 is 5.32 Å². The maximum absolute atomic E-state index is 12.0. The van der Waals surface area contributed by atoms with Gasteiger partial charge in [-0.25, -0.2) is 9.67 Å². The molecule has 1 aromatic carbocycles. The standard InChI is InChI=1S/C16H20N4O/c21-16(15-3-1-2-4-15)18-9-13-5-7-14(8-6-13)10-20-12-17-11-19-20/h5-8,11-12,15H,1-4,9-10H2,(H,18,21). The highest BCUT2D eigenvalue weighted by Gasteiger charge is 2.21. The molecular weight excluding hydrogens is 264 g/mol. The molecular formula is C16H20N4O. The van der Waals surface area contributed by atoms with E-state index in [-0.39, 0.29) is 11.8 Å². The Labute approximate surface area is 124 Å². The summed E-state index contributed by atoms with van der Waals surface area (Å²) < 4.78 is 1.79. The van der Waals surface area contributed by atoms with E-state index in [1.54, 1.807) is 11.0 Å². The molecule has 5 nitrogen and oxygen atoms in total. The molecule has 1 fully saturated rings. The van der Waals surface area contributed by atoms with E-state index in [1.165, 1.54) is 24.7 Å². The number of carbonyl (C=O) groups is 1. The van der Waals surface area contributed by atoms with Crippen molar-refractivity contribution in [2.45, 2.75) is 38.8 Å². The van der Waals surface area contributed by atoms with E-state index in [4.69, 9.17) is 0 Å². The Hall–Kier alpha value is -2.17. The largest absolute Gasteiger partial charge is 0.352 e. The number of aromatic nitrogens is 3. The first-order chi connectivity index (χ1) is 10.3. The minimum absolute atomic E-state index is 0.208. The van der Waals surface area contributed by atoms with Gasteiger partial charge in [0.2, 0.25) is 5.91 Å². The Morgan fingerprint density at radius 3 is 2.57 bits per heavy atom. The zero-order valence-corrected chi connectivity index (χ0v) is 12.0. The van der Waals surface area contributed by atoms with Crippen LogP contribution in [0.15, 0.2) is 36.9 Å². The summed E-state index contributed by atoms with van der Waals surface area (Å²) in [5, 5.41) is 7.13. The van der Waals surface area contributed by atoms with Crippen molar-refractivity contribution in [1.29, 1.82) is 0 Å². The van der Waals surface area contributed by atoms with Crippen LogP contribution in [0.5, 0.6) is 0 Å². The molecule has 0 aliphatic heterocycles. The average molecular weight is 284 g/mol. The molecule has 1 aliphatic rings. The van der Waals surface area contributed by atoms with E-state index in [0.717, 1.165) is 18.4 Å². The zero-order valence-electron chi connectivity index (χ0n) is 12.0. The van der Waals surface area contributed by atoms with Gasteiger partial charge in [-0.05, 0) is 24.0 Å². The van der Waals surface area contributed by atoms with Crippen LogP contribution in [-0.4, -0.2) is 20.7 Å². The highest BCUT2D eigenvalue weighted by atomic mass is 16.1. The van der Waals surface area contributed by atoms with E-state index >= 15 is 0 Å². The fourth-order valence-corrected chi connectivity index (χ4v) is 2.79. The Morgan fingerprint density at radius 1 is 1.19 bits per heavy atom. The molecule has 0 radical (unpaired) electrons. The van der Waals surface area contributed by atoms with Gasteiger partial charge in [0, 0.05) is 12.5 Å². The summed E-state index contributed by atoms with van der Waals surface area (Å²) in [6, 6.07) is 8.25. The summed E-state index contributed by atoms with van der Waals surface area (Å²) in [5.74, 6) is 0.441. The van der Waals surface area contributed by atoms with Crippen LogP contribution in [0.2, 0.25) is 0 Å². The SMILES string of the molecule is O=C(NCc1ccc(Cn2cncn2)cc1)C1CCCC1. The molecule has 2 aromatic rings. The van der Waals surface area contributed by atoms with Gasteiger partial charge in [-0.15, -0.1) is 0 Å². The second-order valence-electron chi connectivity index (χ2n) is 5.61. The monoisotopic (exact) mass is 284 g/mol. The Bertz CT molecular complexity index is 571. The molecule has 0 saturated heterocycles. The first-order valence-corrected chi connectivity index (χ1v) is 7.49. The summed E-state index contributed by atoms with van der Waals surface area (Å²) in [6.45, 7) is 1.33. The third-order valence-corrected chi connectivity index (χ3v) is 4.03. The van der Waals surface area contributed by atoms with Gasteiger partial charge in [0.25, 0.3) is 0 Å². The second-order valence-corrected chi connectivity index (χ2v) is 5.61. The number of hydrogen-bond acceptors (Lipinski definition) is 3. The molecule has 0 spiro atoms. The number of amides is 1. The first-order valence-electron chi connectivity index (χ1n) is 7.49. The minimum Gasteiger partial charge on any atom is -0.352 e. The summed E-state index contributed by atoms with van der Waals surface area (Å²) in [5.41, 5.74) is 2.30. The molecule has 0 bridgehead atoms. The molecule has 0 unspecified atom stereocenters.